The topological polar surface area (TPSA) is 75.1 Å². The molecule has 0 spiro atoms. The number of halogens is 2. The van der Waals surface area contributed by atoms with Crippen molar-refractivity contribution in [1.29, 1.82) is 0 Å². The summed E-state index contributed by atoms with van der Waals surface area (Å²) >= 11 is 0. The van der Waals surface area contributed by atoms with Gasteiger partial charge in [-0.25, -0.2) is 23.5 Å². The zero-order valence-electron chi connectivity index (χ0n) is 8.81. The Labute approximate surface area is 95.9 Å². The average molecular weight is 243 g/mol. The van der Waals surface area contributed by atoms with Crippen LogP contribution in [-0.2, 0) is 0 Å². The molecule has 1 aliphatic carbocycles. The highest BCUT2D eigenvalue weighted by Crippen LogP contribution is 2.42. The minimum atomic E-state index is -2.26. The van der Waals surface area contributed by atoms with E-state index >= 15 is 0 Å². The lowest BCUT2D eigenvalue weighted by atomic mass is 10.3. The van der Waals surface area contributed by atoms with E-state index in [4.69, 9.17) is 5.11 Å². The summed E-state index contributed by atoms with van der Waals surface area (Å²) in [4.78, 5) is 18.0. The van der Waals surface area contributed by atoms with Gasteiger partial charge in [0, 0.05) is 12.5 Å². The molecule has 7 heteroatoms. The predicted molar refractivity (Wildman–Crippen MR) is 55.1 cm³/mol. The molecular weight excluding hydrogens is 232 g/mol. The molecule has 0 unspecified atom stereocenters. The van der Waals surface area contributed by atoms with Gasteiger partial charge < -0.3 is 10.4 Å². The van der Waals surface area contributed by atoms with Crippen molar-refractivity contribution < 1.29 is 18.7 Å². The quantitative estimate of drug-likeness (QED) is 0.819. The van der Waals surface area contributed by atoms with Crippen molar-refractivity contribution in [3.8, 4) is 0 Å². The zero-order chi connectivity index (χ0) is 12.4. The van der Waals surface area contributed by atoms with Crippen molar-refractivity contribution in [1.82, 2.24) is 9.97 Å². The Bertz CT molecular complexity index is 411. The molecule has 17 heavy (non-hydrogen) atoms. The molecule has 1 saturated carbocycles. The van der Waals surface area contributed by atoms with Crippen LogP contribution in [0.4, 0.5) is 14.6 Å². The van der Waals surface area contributed by atoms with E-state index in [1.165, 1.54) is 6.20 Å². The van der Waals surface area contributed by atoms with Crippen LogP contribution in [-0.4, -0.2) is 34.0 Å². The Morgan fingerprint density at radius 1 is 1.53 bits per heavy atom. The number of carboxylic acids is 1. The van der Waals surface area contributed by atoms with Gasteiger partial charge >= 0.3 is 5.97 Å². The smallest absolute Gasteiger partial charge is 0.356 e. The van der Waals surface area contributed by atoms with Crippen LogP contribution in [0.15, 0.2) is 12.4 Å². The Kier molecular flexibility index (Phi) is 3.16. The summed E-state index contributed by atoms with van der Waals surface area (Å²) in [7, 11) is 0. The predicted octanol–water partition coefficient (Wildman–Crippen LogP) is 1.49. The lowest BCUT2D eigenvalue weighted by molar-refractivity contribution is 0.0690. The molecule has 0 saturated heterocycles. The number of hydrogen-bond donors (Lipinski definition) is 2. The van der Waals surface area contributed by atoms with Gasteiger partial charge in [-0.3, -0.25) is 0 Å². The first-order valence-electron chi connectivity index (χ1n) is 5.15. The summed E-state index contributed by atoms with van der Waals surface area (Å²) in [5.41, 5.74) is -0.146. The highest BCUT2D eigenvalue weighted by molar-refractivity contribution is 5.84. The molecule has 1 aliphatic rings. The van der Waals surface area contributed by atoms with Gasteiger partial charge in [0.15, 0.2) is 5.69 Å². The van der Waals surface area contributed by atoms with Crippen molar-refractivity contribution in [3.05, 3.63) is 18.1 Å². The molecule has 0 radical (unpaired) electrons. The standard InChI is InChI=1S/C10H11F2N3O2/c11-9(12)6-1-5(6)2-14-8-4-13-7(3-15-8)10(16)17/h3-6,9H,1-2H2,(H,14,15)(H,16,17)/t5-,6-/m0/s1. The molecule has 92 valence electrons. The Morgan fingerprint density at radius 2 is 2.29 bits per heavy atom. The minimum absolute atomic E-state index is 0.0315. The van der Waals surface area contributed by atoms with Gasteiger partial charge in [0.1, 0.15) is 5.82 Å². The minimum Gasteiger partial charge on any atom is -0.476 e. The van der Waals surface area contributed by atoms with E-state index in [1.807, 2.05) is 0 Å². The number of carboxylic acid groups (broad SMARTS) is 1. The SMILES string of the molecule is O=C(O)c1cnc(NC[C@@H]2C[C@@H]2C(F)F)cn1. The summed E-state index contributed by atoms with van der Waals surface area (Å²) in [6, 6.07) is 0. The van der Waals surface area contributed by atoms with Crippen molar-refractivity contribution in [2.75, 3.05) is 11.9 Å². The number of aromatic nitrogens is 2. The van der Waals surface area contributed by atoms with Crippen LogP contribution in [0, 0.1) is 11.8 Å². The van der Waals surface area contributed by atoms with Crippen molar-refractivity contribution in [2.24, 2.45) is 11.8 Å². The van der Waals surface area contributed by atoms with Crippen molar-refractivity contribution >= 4 is 11.8 Å². The maximum absolute atomic E-state index is 12.2. The fourth-order valence-corrected chi connectivity index (χ4v) is 1.58. The first-order valence-corrected chi connectivity index (χ1v) is 5.15. The molecule has 1 heterocycles. The Balaban J connectivity index is 1.82. The fourth-order valence-electron chi connectivity index (χ4n) is 1.58. The lowest BCUT2D eigenvalue weighted by Crippen LogP contribution is -2.10. The van der Waals surface area contributed by atoms with Crippen molar-refractivity contribution in [2.45, 2.75) is 12.8 Å². The number of aromatic carboxylic acids is 1. The Morgan fingerprint density at radius 3 is 2.76 bits per heavy atom. The molecule has 0 aromatic carbocycles. The third-order valence-corrected chi connectivity index (χ3v) is 2.72. The summed E-state index contributed by atoms with van der Waals surface area (Å²) in [6.45, 7) is 0.413. The van der Waals surface area contributed by atoms with Crippen LogP contribution >= 0.6 is 0 Å². The summed E-state index contributed by atoms with van der Waals surface area (Å²) < 4.78 is 24.4. The van der Waals surface area contributed by atoms with E-state index < -0.39 is 18.3 Å². The second-order valence-corrected chi connectivity index (χ2v) is 3.97. The van der Waals surface area contributed by atoms with Gasteiger partial charge in [-0.1, -0.05) is 0 Å². The molecule has 0 aliphatic heterocycles. The van der Waals surface area contributed by atoms with Crippen LogP contribution in [0.5, 0.6) is 0 Å². The van der Waals surface area contributed by atoms with Crippen LogP contribution < -0.4 is 5.32 Å². The number of anilines is 1. The molecule has 1 fully saturated rings. The van der Waals surface area contributed by atoms with Crippen LogP contribution in [0.25, 0.3) is 0 Å². The third kappa shape index (κ3) is 2.86. The number of nitrogens with zero attached hydrogens (tertiary/aromatic N) is 2. The molecule has 2 rings (SSSR count). The first-order chi connectivity index (χ1) is 8.08. The van der Waals surface area contributed by atoms with E-state index in [0.717, 1.165) is 6.20 Å². The maximum Gasteiger partial charge on any atom is 0.356 e. The van der Waals surface area contributed by atoms with E-state index in [9.17, 15) is 13.6 Å². The van der Waals surface area contributed by atoms with Gasteiger partial charge in [0.25, 0.3) is 0 Å². The molecule has 1 aromatic heterocycles. The van der Waals surface area contributed by atoms with Gasteiger partial charge in [-0.05, 0) is 12.3 Å². The van der Waals surface area contributed by atoms with Crippen LogP contribution in [0.3, 0.4) is 0 Å². The zero-order valence-corrected chi connectivity index (χ0v) is 8.81. The molecule has 0 amide bonds. The molecule has 0 bridgehead atoms. The molecule has 5 nitrogen and oxygen atoms in total. The summed E-state index contributed by atoms with van der Waals surface area (Å²) in [6.07, 6.45) is 0.665. The third-order valence-electron chi connectivity index (χ3n) is 2.72. The second-order valence-electron chi connectivity index (χ2n) is 3.97. The van der Waals surface area contributed by atoms with E-state index in [2.05, 4.69) is 15.3 Å². The van der Waals surface area contributed by atoms with E-state index in [1.54, 1.807) is 0 Å². The van der Waals surface area contributed by atoms with Crippen LogP contribution in [0.2, 0.25) is 0 Å². The lowest BCUT2D eigenvalue weighted by Gasteiger charge is -2.04. The highest BCUT2D eigenvalue weighted by Gasteiger charge is 2.43. The largest absolute Gasteiger partial charge is 0.476 e. The van der Waals surface area contributed by atoms with Gasteiger partial charge in [-0.2, -0.15) is 0 Å². The highest BCUT2D eigenvalue weighted by atomic mass is 19.3. The number of hydrogen-bond acceptors (Lipinski definition) is 4. The number of rotatable bonds is 5. The number of carbonyl (C=O) groups is 1. The molecule has 1 aromatic rings. The van der Waals surface area contributed by atoms with Crippen molar-refractivity contribution in [3.63, 3.8) is 0 Å². The second kappa shape index (κ2) is 4.60. The molecule has 2 N–H and O–H groups in total. The number of alkyl halides is 2. The normalized spacial score (nSPS) is 22.5. The van der Waals surface area contributed by atoms with Gasteiger partial charge in [0.2, 0.25) is 6.43 Å². The molecular formula is C10H11F2N3O2. The summed E-state index contributed by atoms with van der Waals surface area (Å²) in [5, 5.41) is 11.5. The Hall–Kier alpha value is -1.79. The van der Waals surface area contributed by atoms with Gasteiger partial charge in [0.05, 0.1) is 12.4 Å². The van der Waals surface area contributed by atoms with E-state index in [0.29, 0.717) is 18.8 Å². The molecule has 2 atom stereocenters. The van der Waals surface area contributed by atoms with Gasteiger partial charge in [-0.15, -0.1) is 0 Å². The maximum atomic E-state index is 12.2. The number of nitrogens with one attached hydrogen (secondary N) is 1. The monoisotopic (exact) mass is 243 g/mol. The average Bonchev–Trinajstić information content (AvgIpc) is 3.06. The van der Waals surface area contributed by atoms with Crippen LogP contribution in [0.1, 0.15) is 16.9 Å². The first kappa shape index (κ1) is 11.7. The van der Waals surface area contributed by atoms with E-state index in [-0.39, 0.29) is 11.6 Å². The fraction of sp³-hybridized carbons (Fsp3) is 0.500. The summed E-state index contributed by atoms with van der Waals surface area (Å²) in [5.74, 6) is -1.30.